The summed E-state index contributed by atoms with van der Waals surface area (Å²) in [6.07, 6.45) is 0.292. The summed E-state index contributed by atoms with van der Waals surface area (Å²) in [4.78, 5) is 0. The van der Waals surface area contributed by atoms with E-state index in [4.69, 9.17) is 11.0 Å². The zero-order chi connectivity index (χ0) is 11.3. The third kappa shape index (κ3) is 3.15. The molecule has 0 aliphatic heterocycles. The van der Waals surface area contributed by atoms with Crippen LogP contribution in [0.5, 0.6) is 0 Å². The van der Waals surface area contributed by atoms with E-state index in [0.717, 1.165) is 0 Å². The van der Waals surface area contributed by atoms with Gasteiger partial charge in [-0.05, 0) is 24.6 Å². The van der Waals surface area contributed by atoms with Crippen LogP contribution >= 0.6 is 0 Å². The Morgan fingerprint density at radius 1 is 1.60 bits per heavy atom. The van der Waals surface area contributed by atoms with E-state index in [1.165, 1.54) is 0 Å². The number of nitrogens with two attached hydrogens (primary N) is 1. The summed E-state index contributed by atoms with van der Waals surface area (Å²) in [6.45, 7) is 2.34. The summed E-state index contributed by atoms with van der Waals surface area (Å²) in [5.41, 5.74) is 7.55. The van der Waals surface area contributed by atoms with Gasteiger partial charge in [-0.3, -0.25) is 0 Å². The number of nitrogens with zero attached hydrogens (tertiary/aromatic N) is 1. The van der Waals surface area contributed by atoms with E-state index >= 15 is 0 Å². The van der Waals surface area contributed by atoms with E-state index in [1.807, 2.05) is 13.0 Å². The first-order valence-electron chi connectivity index (χ1n) is 4.89. The Hall–Kier alpha value is -1.73. The van der Waals surface area contributed by atoms with Gasteiger partial charge in [0.15, 0.2) is 0 Å². The van der Waals surface area contributed by atoms with E-state index in [9.17, 15) is 5.11 Å². The molecule has 0 heterocycles. The third-order valence-corrected chi connectivity index (χ3v) is 2.18. The molecular weight excluding hydrogens is 190 g/mol. The highest BCUT2D eigenvalue weighted by atomic mass is 16.3. The Bertz CT molecular complexity index is 371. The lowest BCUT2D eigenvalue weighted by atomic mass is 10.2. The van der Waals surface area contributed by atoms with Crippen molar-refractivity contribution in [2.45, 2.75) is 19.4 Å². The predicted molar refractivity (Wildman–Crippen MR) is 60.4 cm³/mol. The first-order chi connectivity index (χ1) is 7.17. The van der Waals surface area contributed by atoms with E-state index in [0.29, 0.717) is 29.9 Å². The van der Waals surface area contributed by atoms with Gasteiger partial charge in [-0.1, -0.05) is 6.92 Å². The zero-order valence-corrected chi connectivity index (χ0v) is 8.70. The molecule has 0 bridgehead atoms. The van der Waals surface area contributed by atoms with Crippen LogP contribution in [0, 0.1) is 11.3 Å². The topological polar surface area (TPSA) is 82.1 Å². The van der Waals surface area contributed by atoms with Crippen molar-refractivity contribution >= 4 is 11.4 Å². The number of anilines is 2. The van der Waals surface area contributed by atoms with Crippen molar-refractivity contribution in [3.63, 3.8) is 0 Å². The second-order valence-corrected chi connectivity index (χ2v) is 3.36. The lowest BCUT2D eigenvalue weighted by molar-refractivity contribution is 0.183. The molecule has 0 aliphatic rings. The summed E-state index contributed by atoms with van der Waals surface area (Å²) in [7, 11) is 0. The molecule has 4 nitrogen and oxygen atoms in total. The number of nitrogens with one attached hydrogen (secondary N) is 1. The number of hydrogen-bond donors (Lipinski definition) is 3. The SMILES string of the molecule is CCC(O)CNc1cc(C#N)ccc1N. The van der Waals surface area contributed by atoms with Gasteiger partial charge in [0.05, 0.1) is 29.1 Å². The van der Waals surface area contributed by atoms with E-state index < -0.39 is 6.10 Å². The van der Waals surface area contributed by atoms with E-state index in [-0.39, 0.29) is 0 Å². The van der Waals surface area contributed by atoms with Gasteiger partial charge in [-0.15, -0.1) is 0 Å². The van der Waals surface area contributed by atoms with Crippen LogP contribution in [0.1, 0.15) is 18.9 Å². The molecule has 1 unspecified atom stereocenters. The fourth-order valence-corrected chi connectivity index (χ4v) is 1.15. The normalized spacial score (nSPS) is 11.8. The molecule has 0 spiro atoms. The molecule has 80 valence electrons. The number of aliphatic hydroxyl groups excluding tert-OH is 1. The van der Waals surface area contributed by atoms with Crippen molar-refractivity contribution in [1.82, 2.24) is 0 Å². The molecule has 0 saturated carbocycles. The molecule has 0 amide bonds. The van der Waals surface area contributed by atoms with Crippen LogP contribution in [0.25, 0.3) is 0 Å². The van der Waals surface area contributed by atoms with Crippen molar-refractivity contribution in [2.75, 3.05) is 17.6 Å². The van der Waals surface area contributed by atoms with Crippen LogP contribution in [0.2, 0.25) is 0 Å². The second-order valence-electron chi connectivity index (χ2n) is 3.36. The van der Waals surface area contributed by atoms with Crippen molar-refractivity contribution in [2.24, 2.45) is 0 Å². The summed E-state index contributed by atoms with van der Waals surface area (Å²) in [5, 5.41) is 21.1. The third-order valence-electron chi connectivity index (χ3n) is 2.18. The quantitative estimate of drug-likeness (QED) is 0.647. The minimum atomic E-state index is -0.393. The first kappa shape index (κ1) is 11.3. The highest BCUT2D eigenvalue weighted by Gasteiger charge is 2.03. The van der Waals surface area contributed by atoms with Gasteiger partial charge in [0.25, 0.3) is 0 Å². The highest BCUT2D eigenvalue weighted by molar-refractivity contribution is 5.68. The van der Waals surface area contributed by atoms with Gasteiger partial charge in [-0.2, -0.15) is 5.26 Å². The number of nitrogen functional groups attached to an aromatic ring is 1. The maximum Gasteiger partial charge on any atom is 0.0992 e. The van der Waals surface area contributed by atoms with Crippen LogP contribution in [-0.2, 0) is 0 Å². The monoisotopic (exact) mass is 205 g/mol. The average Bonchev–Trinajstić information content (AvgIpc) is 2.27. The summed E-state index contributed by atoms with van der Waals surface area (Å²) < 4.78 is 0. The van der Waals surface area contributed by atoms with Gasteiger partial charge >= 0.3 is 0 Å². The molecule has 0 radical (unpaired) electrons. The standard InChI is InChI=1S/C11H15N3O/c1-2-9(15)7-14-11-5-8(6-12)3-4-10(11)13/h3-5,9,14-15H,2,7,13H2,1H3. The summed E-state index contributed by atoms with van der Waals surface area (Å²) in [5.74, 6) is 0. The van der Waals surface area contributed by atoms with Crippen LogP contribution in [0.15, 0.2) is 18.2 Å². The highest BCUT2D eigenvalue weighted by Crippen LogP contribution is 2.19. The zero-order valence-electron chi connectivity index (χ0n) is 8.70. The van der Waals surface area contributed by atoms with Crippen LogP contribution in [0.3, 0.4) is 0 Å². The molecule has 4 heteroatoms. The number of aliphatic hydroxyl groups is 1. The minimum Gasteiger partial charge on any atom is -0.397 e. The van der Waals surface area contributed by atoms with Crippen molar-refractivity contribution in [1.29, 1.82) is 5.26 Å². The lowest BCUT2D eigenvalue weighted by Crippen LogP contribution is -2.18. The minimum absolute atomic E-state index is 0.393. The maximum atomic E-state index is 9.37. The fourth-order valence-electron chi connectivity index (χ4n) is 1.15. The molecule has 1 rings (SSSR count). The number of nitriles is 1. The molecule has 0 aromatic heterocycles. The number of hydrogen-bond acceptors (Lipinski definition) is 4. The fraction of sp³-hybridized carbons (Fsp3) is 0.364. The molecule has 1 atom stereocenters. The average molecular weight is 205 g/mol. The Labute approximate surface area is 89.3 Å². The maximum absolute atomic E-state index is 9.37. The van der Waals surface area contributed by atoms with Crippen LogP contribution in [-0.4, -0.2) is 17.8 Å². The molecule has 4 N–H and O–H groups in total. The smallest absolute Gasteiger partial charge is 0.0992 e. The van der Waals surface area contributed by atoms with Gasteiger partial charge in [0.1, 0.15) is 0 Å². The summed E-state index contributed by atoms with van der Waals surface area (Å²) >= 11 is 0. The molecule has 15 heavy (non-hydrogen) atoms. The Morgan fingerprint density at radius 2 is 2.33 bits per heavy atom. The molecule has 0 saturated heterocycles. The van der Waals surface area contributed by atoms with Crippen LogP contribution in [0.4, 0.5) is 11.4 Å². The molecule has 1 aromatic carbocycles. The molecular formula is C11H15N3O. The Kier molecular flexibility index (Phi) is 3.95. The van der Waals surface area contributed by atoms with Crippen molar-refractivity contribution in [3.05, 3.63) is 23.8 Å². The molecule has 0 fully saturated rings. The van der Waals surface area contributed by atoms with Crippen molar-refractivity contribution in [3.8, 4) is 6.07 Å². The largest absolute Gasteiger partial charge is 0.397 e. The predicted octanol–water partition coefficient (Wildman–Crippen LogP) is 1.32. The van der Waals surface area contributed by atoms with Gasteiger partial charge in [0.2, 0.25) is 0 Å². The van der Waals surface area contributed by atoms with Gasteiger partial charge in [-0.25, -0.2) is 0 Å². The number of benzene rings is 1. The number of rotatable bonds is 4. The summed E-state index contributed by atoms with van der Waals surface area (Å²) in [6, 6.07) is 7.06. The molecule has 0 aliphatic carbocycles. The Morgan fingerprint density at radius 3 is 2.93 bits per heavy atom. The van der Waals surface area contributed by atoms with Crippen molar-refractivity contribution < 1.29 is 5.11 Å². The Balaban J connectivity index is 2.72. The molecule has 1 aromatic rings. The van der Waals surface area contributed by atoms with E-state index in [1.54, 1.807) is 18.2 Å². The van der Waals surface area contributed by atoms with Crippen LogP contribution < -0.4 is 11.1 Å². The lowest BCUT2D eigenvalue weighted by Gasteiger charge is -2.12. The van der Waals surface area contributed by atoms with E-state index in [2.05, 4.69) is 5.32 Å². The van der Waals surface area contributed by atoms with Gasteiger partial charge in [0, 0.05) is 6.54 Å². The van der Waals surface area contributed by atoms with Gasteiger partial charge < -0.3 is 16.2 Å². The first-order valence-corrected chi connectivity index (χ1v) is 4.89. The second kappa shape index (κ2) is 5.23.